The van der Waals surface area contributed by atoms with E-state index in [1.54, 1.807) is 0 Å². The first kappa shape index (κ1) is 10.2. The predicted molar refractivity (Wildman–Crippen MR) is 57.9 cm³/mol. The Morgan fingerprint density at radius 3 is 2.50 bits per heavy atom. The maximum absolute atomic E-state index is 8.80. The minimum absolute atomic E-state index is 0.151. The summed E-state index contributed by atoms with van der Waals surface area (Å²) >= 11 is 0. The molecule has 1 aromatic carbocycles. The van der Waals surface area contributed by atoms with Gasteiger partial charge in [0.05, 0.1) is 7.11 Å². The van der Waals surface area contributed by atoms with Crippen LogP contribution in [0.1, 0.15) is 11.3 Å². The number of methoxy groups -OCH3 is 1. The Kier molecular flexibility index (Phi) is 2.61. The summed E-state index contributed by atoms with van der Waals surface area (Å²) in [7, 11) is 1.44. The van der Waals surface area contributed by atoms with Crippen molar-refractivity contribution < 1.29 is 9.15 Å². The Morgan fingerprint density at radius 1 is 1.31 bits per heavy atom. The van der Waals surface area contributed by atoms with Gasteiger partial charge in [-0.2, -0.15) is 10.2 Å². The van der Waals surface area contributed by atoms with Gasteiger partial charge < -0.3 is 9.15 Å². The van der Waals surface area contributed by atoms with E-state index in [1.165, 1.54) is 7.11 Å². The van der Waals surface area contributed by atoms with E-state index in [0.717, 1.165) is 11.1 Å². The van der Waals surface area contributed by atoms with Gasteiger partial charge in [0.25, 0.3) is 0 Å². The third kappa shape index (κ3) is 1.75. The molecule has 0 aliphatic heterocycles. The molecule has 80 valence electrons. The highest BCUT2D eigenvalue weighted by atomic mass is 16.6. The van der Waals surface area contributed by atoms with Crippen LogP contribution in [0.3, 0.4) is 0 Å². The molecular weight excluding hydrogens is 204 g/mol. The van der Waals surface area contributed by atoms with E-state index < -0.39 is 0 Å². The second kappa shape index (κ2) is 4.07. The monoisotopic (exact) mass is 214 g/mol. The van der Waals surface area contributed by atoms with Crippen molar-refractivity contribution >= 4 is 0 Å². The van der Waals surface area contributed by atoms with Crippen molar-refractivity contribution in [3.8, 4) is 23.5 Å². The van der Waals surface area contributed by atoms with E-state index in [2.05, 4.69) is 4.98 Å². The first-order chi connectivity index (χ1) is 7.74. The van der Waals surface area contributed by atoms with E-state index in [4.69, 9.17) is 14.4 Å². The van der Waals surface area contributed by atoms with Gasteiger partial charge in [-0.15, -0.1) is 0 Å². The lowest BCUT2D eigenvalue weighted by molar-refractivity contribution is 0.308. The van der Waals surface area contributed by atoms with Crippen LogP contribution in [0.4, 0.5) is 0 Å². The molecule has 2 aromatic rings. The van der Waals surface area contributed by atoms with Crippen molar-refractivity contribution in [1.82, 2.24) is 4.98 Å². The third-order valence-corrected chi connectivity index (χ3v) is 2.19. The van der Waals surface area contributed by atoms with Crippen molar-refractivity contribution in [2.75, 3.05) is 7.11 Å². The van der Waals surface area contributed by atoms with Crippen molar-refractivity contribution in [3.05, 3.63) is 35.5 Å². The Hall–Kier alpha value is -2.28. The maximum Gasteiger partial charge on any atom is 0.324 e. The van der Waals surface area contributed by atoms with Crippen LogP contribution in [0.5, 0.6) is 5.95 Å². The van der Waals surface area contributed by atoms with Gasteiger partial charge in [-0.05, 0) is 19.1 Å². The SMILES string of the molecule is COc1oc(-c2ccc(C)cc2)nc1C#N. The van der Waals surface area contributed by atoms with Crippen LogP contribution < -0.4 is 4.74 Å². The summed E-state index contributed by atoms with van der Waals surface area (Å²) < 4.78 is 10.2. The zero-order valence-corrected chi connectivity index (χ0v) is 9.02. The Balaban J connectivity index is 2.45. The third-order valence-electron chi connectivity index (χ3n) is 2.19. The Labute approximate surface area is 93.1 Å². The summed E-state index contributed by atoms with van der Waals surface area (Å²) in [6.07, 6.45) is 0. The van der Waals surface area contributed by atoms with Crippen LogP contribution in [0.2, 0.25) is 0 Å². The molecule has 0 atom stereocenters. The molecule has 4 nitrogen and oxygen atoms in total. The Bertz CT molecular complexity index is 535. The second-order valence-electron chi connectivity index (χ2n) is 3.34. The van der Waals surface area contributed by atoms with Crippen LogP contribution >= 0.6 is 0 Å². The molecule has 0 amide bonds. The minimum Gasteiger partial charge on any atom is -0.466 e. The van der Waals surface area contributed by atoms with E-state index in [0.29, 0.717) is 5.89 Å². The van der Waals surface area contributed by atoms with Gasteiger partial charge in [0, 0.05) is 5.56 Å². The van der Waals surface area contributed by atoms with Crippen LogP contribution in [0, 0.1) is 18.3 Å². The summed E-state index contributed by atoms with van der Waals surface area (Å²) in [5.41, 5.74) is 2.14. The number of hydrogen-bond donors (Lipinski definition) is 0. The van der Waals surface area contributed by atoms with Crippen LogP contribution in [-0.2, 0) is 0 Å². The maximum atomic E-state index is 8.80. The quantitative estimate of drug-likeness (QED) is 0.770. The highest BCUT2D eigenvalue weighted by Crippen LogP contribution is 2.26. The Morgan fingerprint density at radius 2 is 2.00 bits per heavy atom. The predicted octanol–water partition coefficient (Wildman–Crippen LogP) is 2.53. The number of nitrogens with zero attached hydrogens (tertiary/aromatic N) is 2. The van der Waals surface area contributed by atoms with Gasteiger partial charge in [-0.3, -0.25) is 0 Å². The number of hydrogen-bond acceptors (Lipinski definition) is 4. The number of ether oxygens (including phenoxy) is 1. The molecule has 0 aliphatic carbocycles. The van der Waals surface area contributed by atoms with E-state index in [-0.39, 0.29) is 11.6 Å². The lowest BCUT2D eigenvalue weighted by atomic mass is 10.1. The van der Waals surface area contributed by atoms with Crippen molar-refractivity contribution in [2.45, 2.75) is 6.92 Å². The normalized spacial score (nSPS) is 9.81. The van der Waals surface area contributed by atoms with E-state index in [9.17, 15) is 0 Å². The molecule has 0 N–H and O–H groups in total. The summed E-state index contributed by atoms with van der Waals surface area (Å²) in [6.45, 7) is 2.00. The van der Waals surface area contributed by atoms with Gasteiger partial charge in [0.15, 0.2) is 0 Å². The molecule has 16 heavy (non-hydrogen) atoms. The molecular formula is C12H10N2O2. The van der Waals surface area contributed by atoms with Crippen molar-refractivity contribution in [2.24, 2.45) is 0 Å². The van der Waals surface area contributed by atoms with Gasteiger partial charge in [0.2, 0.25) is 11.6 Å². The number of aryl methyl sites for hydroxylation is 1. The summed E-state index contributed by atoms with van der Waals surface area (Å²) in [5, 5.41) is 8.80. The fraction of sp³-hybridized carbons (Fsp3) is 0.167. The van der Waals surface area contributed by atoms with Gasteiger partial charge in [-0.25, -0.2) is 0 Å². The number of aromatic nitrogens is 1. The van der Waals surface area contributed by atoms with E-state index in [1.807, 2.05) is 37.3 Å². The van der Waals surface area contributed by atoms with Gasteiger partial charge in [0.1, 0.15) is 6.07 Å². The topological polar surface area (TPSA) is 59.1 Å². The van der Waals surface area contributed by atoms with Crippen LogP contribution in [0.25, 0.3) is 11.5 Å². The van der Waals surface area contributed by atoms with Crippen LogP contribution in [-0.4, -0.2) is 12.1 Å². The number of nitriles is 1. The molecule has 0 aliphatic rings. The molecule has 1 heterocycles. The highest BCUT2D eigenvalue weighted by molar-refractivity contribution is 5.55. The molecule has 0 saturated heterocycles. The fourth-order valence-corrected chi connectivity index (χ4v) is 1.33. The molecule has 2 rings (SSSR count). The molecule has 0 unspecified atom stereocenters. The van der Waals surface area contributed by atoms with Crippen LogP contribution in [0.15, 0.2) is 28.7 Å². The number of benzene rings is 1. The first-order valence-electron chi connectivity index (χ1n) is 4.76. The lowest BCUT2D eigenvalue weighted by Crippen LogP contribution is -1.82. The van der Waals surface area contributed by atoms with E-state index >= 15 is 0 Å². The van der Waals surface area contributed by atoms with Crippen molar-refractivity contribution in [1.29, 1.82) is 5.26 Å². The largest absolute Gasteiger partial charge is 0.466 e. The number of rotatable bonds is 2. The smallest absolute Gasteiger partial charge is 0.324 e. The number of oxazole rings is 1. The molecule has 1 aromatic heterocycles. The summed E-state index contributed by atoms with van der Waals surface area (Å²) in [5.74, 6) is 0.548. The average Bonchev–Trinajstić information content (AvgIpc) is 2.73. The zero-order valence-electron chi connectivity index (χ0n) is 9.02. The fourth-order valence-electron chi connectivity index (χ4n) is 1.33. The molecule has 0 saturated carbocycles. The van der Waals surface area contributed by atoms with Gasteiger partial charge >= 0.3 is 5.95 Å². The molecule has 4 heteroatoms. The molecule has 0 spiro atoms. The van der Waals surface area contributed by atoms with Gasteiger partial charge in [-0.1, -0.05) is 17.7 Å². The lowest BCUT2D eigenvalue weighted by Gasteiger charge is -1.95. The van der Waals surface area contributed by atoms with Crippen molar-refractivity contribution in [3.63, 3.8) is 0 Å². The average molecular weight is 214 g/mol. The zero-order chi connectivity index (χ0) is 11.5. The molecule has 0 fully saturated rings. The highest BCUT2D eigenvalue weighted by Gasteiger charge is 2.14. The second-order valence-corrected chi connectivity index (χ2v) is 3.34. The first-order valence-corrected chi connectivity index (χ1v) is 4.76. The summed E-state index contributed by atoms with van der Waals surface area (Å²) in [4.78, 5) is 4.05. The molecule has 0 radical (unpaired) electrons. The standard InChI is InChI=1S/C12H10N2O2/c1-8-3-5-9(6-4-8)11-14-10(7-13)12(15-2)16-11/h3-6H,1-2H3. The molecule has 0 bridgehead atoms. The minimum atomic E-state index is 0.151. The summed E-state index contributed by atoms with van der Waals surface area (Å²) in [6, 6.07) is 9.61.